The predicted octanol–water partition coefficient (Wildman–Crippen LogP) is 3.65. The van der Waals surface area contributed by atoms with Crippen LogP contribution >= 0.6 is 0 Å². The molecule has 26 heavy (non-hydrogen) atoms. The zero-order valence-corrected chi connectivity index (χ0v) is 13.8. The second kappa shape index (κ2) is 5.93. The Kier molecular flexibility index (Phi) is 3.58. The zero-order chi connectivity index (χ0) is 18.3. The molecule has 0 saturated heterocycles. The lowest BCUT2D eigenvalue weighted by atomic mass is 10.1. The van der Waals surface area contributed by atoms with Crippen LogP contribution in [-0.4, -0.2) is 16.7 Å². The first-order valence-corrected chi connectivity index (χ1v) is 8.03. The monoisotopic (exact) mass is 343 g/mol. The van der Waals surface area contributed by atoms with Gasteiger partial charge < -0.3 is 20.9 Å². The fourth-order valence-electron chi connectivity index (χ4n) is 2.88. The highest BCUT2D eigenvalue weighted by atomic mass is 16.3. The number of hydrogen-bond donors (Lipinski definition) is 5. The fourth-order valence-corrected chi connectivity index (χ4v) is 2.88. The Morgan fingerprint density at radius 3 is 2.27 bits per heavy atom. The number of aromatic nitrogens is 1. The van der Waals surface area contributed by atoms with E-state index in [1.54, 1.807) is 12.1 Å². The average Bonchev–Trinajstić information content (AvgIpc) is 3.21. The minimum Gasteiger partial charge on any atom is -0.457 e. The van der Waals surface area contributed by atoms with Gasteiger partial charge in [-0.05, 0) is 36.4 Å². The third kappa shape index (κ3) is 2.84. The molecule has 0 amide bonds. The highest BCUT2D eigenvalue weighted by Crippen LogP contribution is 2.23. The smallest absolute Gasteiger partial charge is 0.135 e. The van der Waals surface area contributed by atoms with Crippen LogP contribution in [0.15, 0.2) is 52.9 Å². The number of rotatable bonds is 4. The van der Waals surface area contributed by atoms with Crippen molar-refractivity contribution in [3.63, 3.8) is 0 Å². The van der Waals surface area contributed by atoms with Gasteiger partial charge in [0, 0.05) is 33.1 Å². The van der Waals surface area contributed by atoms with Gasteiger partial charge in [-0.25, -0.2) is 0 Å². The molecule has 7 N–H and O–H groups in total. The summed E-state index contributed by atoms with van der Waals surface area (Å²) in [6.45, 7) is 0. The van der Waals surface area contributed by atoms with E-state index in [4.69, 9.17) is 26.7 Å². The first-order chi connectivity index (χ1) is 12.5. The standard InChI is InChI=1S/C20H17N5O/c21-19(22)13-3-1-11-7-15(25-17(11)9-13)5-6-16-8-12-2-4-14(20(23)24)10-18(12)26-16/h1-10,25H,(H3,21,22)(H3,23,24)/b6-5+. The Hall–Kier alpha value is -3.80. The molecule has 0 bridgehead atoms. The number of aromatic amines is 1. The van der Waals surface area contributed by atoms with Gasteiger partial charge in [0.2, 0.25) is 0 Å². The third-order valence-corrected chi connectivity index (χ3v) is 4.23. The van der Waals surface area contributed by atoms with E-state index in [1.165, 1.54) is 0 Å². The Morgan fingerprint density at radius 2 is 1.54 bits per heavy atom. The van der Waals surface area contributed by atoms with Crippen molar-refractivity contribution in [1.29, 1.82) is 10.8 Å². The second-order valence-corrected chi connectivity index (χ2v) is 6.09. The van der Waals surface area contributed by atoms with Crippen LogP contribution in [0.3, 0.4) is 0 Å². The van der Waals surface area contributed by atoms with Crippen molar-refractivity contribution in [2.45, 2.75) is 0 Å². The molecule has 2 aromatic heterocycles. The SMILES string of the molecule is N=C(N)c1ccc2cc(/C=C/c3cc4ccc(C(=N)N)cc4o3)[nH]c2c1. The van der Waals surface area contributed by atoms with Crippen molar-refractivity contribution < 1.29 is 4.42 Å². The summed E-state index contributed by atoms with van der Waals surface area (Å²) >= 11 is 0. The maximum atomic E-state index is 7.52. The van der Waals surface area contributed by atoms with Gasteiger partial charge in [0.25, 0.3) is 0 Å². The van der Waals surface area contributed by atoms with Crippen LogP contribution in [0.4, 0.5) is 0 Å². The van der Waals surface area contributed by atoms with Gasteiger partial charge in [-0.1, -0.05) is 24.3 Å². The molecular weight excluding hydrogens is 326 g/mol. The summed E-state index contributed by atoms with van der Waals surface area (Å²) in [4.78, 5) is 3.29. The first kappa shape index (κ1) is 15.7. The number of H-pyrrole nitrogens is 1. The molecular formula is C20H17N5O. The molecule has 128 valence electrons. The van der Waals surface area contributed by atoms with Gasteiger partial charge in [0.15, 0.2) is 0 Å². The summed E-state index contributed by atoms with van der Waals surface area (Å²) in [6, 6.07) is 15.0. The van der Waals surface area contributed by atoms with E-state index in [-0.39, 0.29) is 11.7 Å². The fraction of sp³-hybridized carbons (Fsp3) is 0. The Bertz CT molecular complexity index is 1100. The third-order valence-electron chi connectivity index (χ3n) is 4.23. The molecule has 0 spiro atoms. The molecule has 6 nitrogen and oxygen atoms in total. The Labute approximate surface area is 149 Å². The lowest BCUT2D eigenvalue weighted by Crippen LogP contribution is -2.10. The first-order valence-electron chi connectivity index (χ1n) is 8.03. The molecule has 0 aliphatic heterocycles. The minimum absolute atomic E-state index is 0.0170. The minimum atomic E-state index is 0.0170. The molecule has 4 aromatic rings. The van der Waals surface area contributed by atoms with Gasteiger partial charge in [-0.2, -0.15) is 0 Å². The molecule has 2 aromatic carbocycles. The number of hydrogen-bond acceptors (Lipinski definition) is 3. The van der Waals surface area contributed by atoms with Crippen LogP contribution in [0.2, 0.25) is 0 Å². The van der Waals surface area contributed by atoms with E-state index < -0.39 is 0 Å². The highest BCUT2D eigenvalue weighted by Gasteiger charge is 2.05. The number of nitrogens with two attached hydrogens (primary N) is 2. The number of nitrogen functional groups attached to an aromatic ring is 2. The average molecular weight is 343 g/mol. The Balaban J connectivity index is 1.65. The largest absolute Gasteiger partial charge is 0.457 e. The van der Waals surface area contributed by atoms with Crippen molar-refractivity contribution >= 4 is 45.7 Å². The lowest BCUT2D eigenvalue weighted by Gasteiger charge is -1.96. The molecule has 6 heteroatoms. The van der Waals surface area contributed by atoms with Crippen LogP contribution in [-0.2, 0) is 0 Å². The number of benzene rings is 2. The van der Waals surface area contributed by atoms with Crippen LogP contribution < -0.4 is 11.5 Å². The van der Waals surface area contributed by atoms with Gasteiger partial charge >= 0.3 is 0 Å². The van der Waals surface area contributed by atoms with Gasteiger partial charge in [-0.3, -0.25) is 10.8 Å². The summed E-state index contributed by atoms with van der Waals surface area (Å²) in [6.07, 6.45) is 3.81. The van der Waals surface area contributed by atoms with Crippen molar-refractivity contribution in [2.24, 2.45) is 11.5 Å². The van der Waals surface area contributed by atoms with E-state index in [9.17, 15) is 0 Å². The quantitative estimate of drug-likeness (QED) is 0.286. The highest BCUT2D eigenvalue weighted by molar-refractivity contribution is 5.99. The normalized spacial score (nSPS) is 11.5. The number of furan rings is 1. The lowest BCUT2D eigenvalue weighted by molar-refractivity contribution is 0.604. The maximum Gasteiger partial charge on any atom is 0.135 e. The molecule has 2 heterocycles. The van der Waals surface area contributed by atoms with E-state index in [2.05, 4.69) is 4.98 Å². The van der Waals surface area contributed by atoms with Gasteiger partial charge in [0.05, 0.1) is 0 Å². The van der Waals surface area contributed by atoms with Crippen molar-refractivity contribution in [3.8, 4) is 0 Å². The van der Waals surface area contributed by atoms with Crippen LogP contribution in [0.5, 0.6) is 0 Å². The zero-order valence-electron chi connectivity index (χ0n) is 13.8. The molecule has 0 fully saturated rings. The van der Waals surface area contributed by atoms with Crippen molar-refractivity contribution in [1.82, 2.24) is 4.98 Å². The molecule has 0 aliphatic rings. The van der Waals surface area contributed by atoms with Crippen LogP contribution in [0.25, 0.3) is 34.0 Å². The Morgan fingerprint density at radius 1 is 0.846 bits per heavy atom. The van der Waals surface area contributed by atoms with Crippen LogP contribution in [0, 0.1) is 10.8 Å². The van der Waals surface area contributed by atoms with E-state index in [0.717, 1.165) is 22.0 Å². The summed E-state index contributed by atoms with van der Waals surface area (Å²) in [7, 11) is 0. The van der Waals surface area contributed by atoms with Crippen molar-refractivity contribution in [2.75, 3.05) is 0 Å². The summed E-state index contributed by atoms with van der Waals surface area (Å²) < 4.78 is 5.81. The summed E-state index contributed by atoms with van der Waals surface area (Å²) in [5, 5.41) is 17.0. The molecule has 0 aliphatic carbocycles. The molecule has 4 rings (SSSR count). The topological polar surface area (TPSA) is 129 Å². The molecule has 0 unspecified atom stereocenters. The molecule has 0 atom stereocenters. The predicted molar refractivity (Wildman–Crippen MR) is 105 cm³/mol. The van der Waals surface area contributed by atoms with Crippen LogP contribution in [0.1, 0.15) is 22.6 Å². The summed E-state index contributed by atoms with van der Waals surface area (Å²) in [5.74, 6) is 0.776. The van der Waals surface area contributed by atoms with E-state index in [0.29, 0.717) is 22.5 Å². The number of fused-ring (bicyclic) bond motifs is 2. The number of amidine groups is 2. The van der Waals surface area contributed by atoms with Gasteiger partial charge in [0.1, 0.15) is 23.0 Å². The van der Waals surface area contributed by atoms with Gasteiger partial charge in [-0.15, -0.1) is 0 Å². The van der Waals surface area contributed by atoms with E-state index >= 15 is 0 Å². The molecule has 0 radical (unpaired) electrons. The van der Waals surface area contributed by atoms with E-state index in [1.807, 2.05) is 48.6 Å². The summed E-state index contributed by atoms with van der Waals surface area (Å²) in [5.41, 5.74) is 14.9. The second-order valence-electron chi connectivity index (χ2n) is 6.09. The number of nitrogens with one attached hydrogen (secondary N) is 3. The maximum absolute atomic E-state index is 7.52. The van der Waals surface area contributed by atoms with Crippen molar-refractivity contribution in [3.05, 3.63) is 71.1 Å². The molecule has 0 saturated carbocycles.